The van der Waals surface area contributed by atoms with Gasteiger partial charge in [0, 0.05) is 26.8 Å². The number of nitrogens with one attached hydrogen (secondary N) is 1. The first kappa shape index (κ1) is 11.4. The lowest BCUT2D eigenvalue weighted by molar-refractivity contribution is 0.612. The van der Waals surface area contributed by atoms with Gasteiger partial charge >= 0.3 is 0 Å². The molecule has 1 aromatic rings. The van der Waals surface area contributed by atoms with Crippen LogP contribution in [0.3, 0.4) is 0 Å². The van der Waals surface area contributed by atoms with Gasteiger partial charge in [0.25, 0.3) is 0 Å². The molecular formula is C13H21N3. The van der Waals surface area contributed by atoms with Gasteiger partial charge < -0.3 is 10.2 Å². The van der Waals surface area contributed by atoms with E-state index in [1.807, 2.05) is 25.2 Å². The molecule has 1 aliphatic rings. The Morgan fingerprint density at radius 1 is 1.38 bits per heavy atom. The Kier molecular flexibility index (Phi) is 3.78. The monoisotopic (exact) mass is 219 g/mol. The van der Waals surface area contributed by atoms with E-state index in [1.165, 1.54) is 24.8 Å². The standard InChI is InChI=1S/C13H21N3/c1-16(2)13-6-5-12(10-15-13)9-14-8-7-11-3-4-11/h5-6,10-11,14H,3-4,7-9H2,1-2H3. The van der Waals surface area contributed by atoms with Crippen molar-refractivity contribution in [3.8, 4) is 0 Å². The molecule has 0 radical (unpaired) electrons. The first-order chi connectivity index (χ1) is 7.75. The average molecular weight is 219 g/mol. The van der Waals surface area contributed by atoms with Crippen molar-refractivity contribution in [3.05, 3.63) is 23.9 Å². The molecular weight excluding hydrogens is 198 g/mol. The Balaban J connectivity index is 1.71. The molecule has 0 bridgehead atoms. The van der Waals surface area contributed by atoms with Crippen molar-refractivity contribution < 1.29 is 0 Å². The maximum Gasteiger partial charge on any atom is 0.127 e. The van der Waals surface area contributed by atoms with Crippen LogP contribution in [-0.4, -0.2) is 25.6 Å². The molecule has 1 aliphatic carbocycles. The highest BCUT2D eigenvalue weighted by Gasteiger charge is 2.19. The largest absolute Gasteiger partial charge is 0.363 e. The van der Waals surface area contributed by atoms with E-state index in [2.05, 4.69) is 22.4 Å². The lowest BCUT2D eigenvalue weighted by Gasteiger charge is -2.11. The van der Waals surface area contributed by atoms with Gasteiger partial charge in [0.05, 0.1) is 0 Å². The van der Waals surface area contributed by atoms with E-state index < -0.39 is 0 Å². The van der Waals surface area contributed by atoms with Crippen molar-refractivity contribution in [2.75, 3.05) is 25.5 Å². The lowest BCUT2D eigenvalue weighted by atomic mass is 10.2. The minimum Gasteiger partial charge on any atom is -0.363 e. The molecule has 0 atom stereocenters. The molecule has 3 heteroatoms. The third-order valence-corrected chi connectivity index (χ3v) is 3.02. The first-order valence-electron chi connectivity index (χ1n) is 6.08. The van der Waals surface area contributed by atoms with E-state index in [4.69, 9.17) is 0 Å². The van der Waals surface area contributed by atoms with Crippen LogP contribution in [0.25, 0.3) is 0 Å². The van der Waals surface area contributed by atoms with Crippen molar-refractivity contribution in [1.29, 1.82) is 0 Å². The normalized spacial score (nSPS) is 15.1. The molecule has 1 aromatic heterocycles. The van der Waals surface area contributed by atoms with E-state index in [0.717, 1.165) is 24.8 Å². The average Bonchev–Trinajstić information content (AvgIpc) is 3.09. The van der Waals surface area contributed by atoms with E-state index in [9.17, 15) is 0 Å². The highest BCUT2D eigenvalue weighted by molar-refractivity contribution is 5.37. The summed E-state index contributed by atoms with van der Waals surface area (Å²) in [6, 6.07) is 4.21. The van der Waals surface area contributed by atoms with E-state index in [-0.39, 0.29) is 0 Å². The number of pyridine rings is 1. The lowest BCUT2D eigenvalue weighted by Crippen LogP contribution is -2.16. The topological polar surface area (TPSA) is 28.2 Å². The Morgan fingerprint density at radius 2 is 2.19 bits per heavy atom. The van der Waals surface area contributed by atoms with Crippen LogP contribution in [0.5, 0.6) is 0 Å². The quantitative estimate of drug-likeness (QED) is 0.742. The van der Waals surface area contributed by atoms with Crippen LogP contribution in [0.15, 0.2) is 18.3 Å². The smallest absolute Gasteiger partial charge is 0.127 e. The van der Waals surface area contributed by atoms with Gasteiger partial charge in [0.1, 0.15) is 5.82 Å². The number of hydrogen-bond acceptors (Lipinski definition) is 3. The predicted molar refractivity (Wildman–Crippen MR) is 67.6 cm³/mol. The zero-order chi connectivity index (χ0) is 11.4. The zero-order valence-corrected chi connectivity index (χ0v) is 10.2. The molecule has 1 fully saturated rings. The number of aromatic nitrogens is 1. The highest BCUT2D eigenvalue weighted by Crippen LogP contribution is 2.31. The summed E-state index contributed by atoms with van der Waals surface area (Å²) in [5.41, 5.74) is 1.27. The second kappa shape index (κ2) is 5.30. The Hall–Kier alpha value is -1.09. The van der Waals surface area contributed by atoms with Crippen LogP contribution in [0.4, 0.5) is 5.82 Å². The molecule has 1 heterocycles. The minimum absolute atomic E-state index is 0.938. The van der Waals surface area contributed by atoms with Crippen molar-refractivity contribution in [3.63, 3.8) is 0 Å². The number of nitrogens with zero attached hydrogens (tertiary/aromatic N) is 2. The van der Waals surface area contributed by atoms with Crippen LogP contribution in [0, 0.1) is 5.92 Å². The molecule has 0 spiro atoms. The Bertz CT molecular complexity index is 314. The van der Waals surface area contributed by atoms with Gasteiger partial charge in [-0.15, -0.1) is 0 Å². The summed E-state index contributed by atoms with van der Waals surface area (Å²) < 4.78 is 0. The number of rotatable bonds is 6. The first-order valence-corrected chi connectivity index (χ1v) is 6.08. The molecule has 0 aliphatic heterocycles. The molecule has 0 amide bonds. The van der Waals surface area contributed by atoms with Gasteiger partial charge in [-0.05, 0) is 30.5 Å². The van der Waals surface area contributed by atoms with Gasteiger partial charge in [-0.25, -0.2) is 4.98 Å². The van der Waals surface area contributed by atoms with Crippen molar-refractivity contribution >= 4 is 5.82 Å². The second-order valence-corrected chi connectivity index (χ2v) is 4.83. The molecule has 3 nitrogen and oxygen atoms in total. The van der Waals surface area contributed by atoms with Gasteiger partial charge in [-0.3, -0.25) is 0 Å². The maximum absolute atomic E-state index is 4.39. The third-order valence-electron chi connectivity index (χ3n) is 3.02. The van der Waals surface area contributed by atoms with Crippen molar-refractivity contribution in [2.24, 2.45) is 5.92 Å². The minimum atomic E-state index is 0.938. The summed E-state index contributed by atoms with van der Waals surface area (Å²) in [7, 11) is 4.02. The molecule has 1 saturated carbocycles. The SMILES string of the molecule is CN(C)c1ccc(CNCCC2CC2)cn1. The zero-order valence-electron chi connectivity index (χ0n) is 10.2. The number of hydrogen-bond donors (Lipinski definition) is 1. The van der Waals surface area contributed by atoms with E-state index >= 15 is 0 Å². The maximum atomic E-state index is 4.39. The van der Waals surface area contributed by atoms with E-state index in [1.54, 1.807) is 0 Å². The molecule has 0 aromatic carbocycles. The number of anilines is 1. The molecule has 88 valence electrons. The van der Waals surface area contributed by atoms with Gasteiger partial charge in [0.15, 0.2) is 0 Å². The summed E-state index contributed by atoms with van der Waals surface area (Å²) in [6.45, 7) is 2.08. The second-order valence-electron chi connectivity index (χ2n) is 4.83. The molecule has 16 heavy (non-hydrogen) atoms. The van der Waals surface area contributed by atoms with Gasteiger partial charge in [-0.1, -0.05) is 18.9 Å². The fraction of sp³-hybridized carbons (Fsp3) is 0.615. The summed E-state index contributed by atoms with van der Waals surface area (Å²) in [5, 5.41) is 3.47. The fourth-order valence-electron chi connectivity index (χ4n) is 1.73. The fourth-order valence-corrected chi connectivity index (χ4v) is 1.73. The van der Waals surface area contributed by atoms with Crippen LogP contribution in [0.1, 0.15) is 24.8 Å². The summed E-state index contributed by atoms with van der Waals surface area (Å²) in [6.07, 6.45) is 6.18. The third kappa shape index (κ3) is 3.49. The van der Waals surface area contributed by atoms with Crippen LogP contribution >= 0.6 is 0 Å². The molecule has 2 rings (SSSR count). The predicted octanol–water partition coefficient (Wildman–Crippen LogP) is 2.04. The molecule has 1 N–H and O–H groups in total. The highest BCUT2D eigenvalue weighted by atomic mass is 15.1. The summed E-state index contributed by atoms with van der Waals surface area (Å²) in [4.78, 5) is 6.41. The van der Waals surface area contributed by atoms with Crippen LogP contribution < -0.4 is 10.2 Å². The van der Waals surface area contributed by atoms with E-state index in [0.29, 0.717) is 0 Å². The van der Waals surface area contributed by atoms with Crippen molar-refractivity contribution in [2.45, 2.75) is 25.8 Å². The molecule has 0 saturated heterocycles. The Morgan fingerprint density at radius 3 is 2.75 bits per heavy atom. The van der Waals surface area contributed by atoms with Crippen molar-refractivity contribution in [1.82, 2.24) is 10.3 Å². The Labute approximate surface area is 97.9 Å². The van der Waals surface area contributed by atoms with Gasteiger partial charge in [-0.2, -0.15) is 0 Å². The molecule has 0 unspecified atom stereocenters. The summed E-state index contributed by atoms with van der Waals surface area (Å²) in [5.74, 6) is 2.03. The van der Waals surface area contributed by atoms with Crippen LogP contribution in [0.2, 0.25) is 0 Å². The van der Waals surface area contributed by atoms with Gasteiger partial charge in [0.2, 0.25) is 0 Å². The van der Waals surface area contributed by atoms with Crippen LogP contribution in [-0.2, 0) is 6.54 Å². The summed E-state index contributed by atoms with van der Waals surface area (Å²) >= 11 is 0.